The van der Waals surface area contributed by atoms with Crippen LogP contribution in [0.25, 0.3) is 0 Å². The van der Waals surface area contributed by atoms with Crippen molar-refractivity contribution in [1.82, 2.24) is 0 Å². The molecule has 0 heterocycles. The van der Waals surface area contributed by atoms with E-state index in [1.807, 2.05) is 0 Å². The summed E-state index contributed by atoms with van der Waals surface area (Å²) in [5.41, 5.74) is -2.04. The number of hydrogen-bond donors (Lipinski definition) is 1. The van der Waals surface area contributed by atoms with Gasteiger partial charge in [-0.3, -0.25) is 0 Å². The second-order valence-electron chi connectivity index (χ2n) is 3.52. The molecule has 1 aliphatic carbocycles. The topological polar surface area (TPSA) is 20.2 Å². The summed E-state index contributed by atoms with van der Waals surface area (Å²) in [6.45, 7) is 0. The van der Waals surface area contributed by atoms with Crippen molar-refractivity contribution in [3.05, 3.63) is 35.4 Å². The Morgan fingerprint density at radius 1 is 1.21 bits per heavy atom. The maximum Gasteiger partial charge on any atom is 0.421 e. The number of rotatable bonds is 0. The molecule has 1 aromatic rings. The summed E-state index contributed by atoms with van der Waals surface area (Å²) in [6, 6.07) is 6.16. The number of aryl methyl sites for hydroxylation is 1. The molecule has 1 aromatic carbocycles. The highest BCUT2D eigenvalue weighted by molar-refractivity contribution is 5.38. The average molecular weight is 202 g/mol. The molecule has 1 nitrogen and oxygen atoms in total. The molecule has 0 saturated heterocycles. The molecule has 0 radical (unpaired) electrons. The Morgan fingerprint density at radius 3 is 2.50 bits per heavy atom. The Balaban J connectivity index is 2.53. The van der Waals surface area contributed by atoms with E-state index >= 15 is 0 Å². The molecule has 76 valence electrons. The molecule has 14 heavy (non-hydrogen) atoms. The number of aliphatic hydroxyl groups is 1. The SMILES string of the molecule is O[C@@]1(C(F)(F)F)CCc2ccccc21. The van der Waals surface area contributed by atoms with Gasteiger partial charge in [-0.25, -0.2) is 0 Å². The number of hydrogen-bond acceptors (Lipinski definition) is 1. The van der Waals surface area contributed by atoms with Gasteiger partial charge >= 0.3 is 6.18 Å². The van der Waals surface area contributed by atoms with Gasteiger partial charge in [0, 0.05) is 0 Å². The van der Waals surface area contributed by atoms with Gasteiger partial charge in [-0.15, -0.1) is 0 Å². The molecule has 2 rings (SSSR count). The van der Waals surface area contributed by atoms with E-state index < -0.39 is 11.8 Å². The van der Waals surface area contributed by atoms with Crippen molar-refractivity contribution in [3.63, 3.8) is 0 Å². The number of fused-ring (bicyclic) bond motifs is 1. The van der Waals surface area contributed by atoms with Crippen molar-refractivity contribution in [2.45, 2.75) is 24.6 Å². The van der Waals surface area contributed by atoms with Gasteiger partial charge in [-0.2, -0.15) is 13.2 Å². The molecule has 0 aromatic heterocycles. The average Bonchev–Trinajstić information content (AvgIpc) is 2.45. The highest BCUT2D eigenvalue weighted by Crippen LogP contribution is 2.47. The van der Waals surface area contributed by atoms with Gasteiger partial charge in [0.25, 0.3) is 0 Å². The van der Waals surface area contributed by atoms with Gasteiger partial charge in [-0.05, 0) is 24.0 Å². The van der Waals surface area contributed by atoms with Gasteiger partial charge in [-0.1, -0.05) is 24.3 Å². The lowest BCUT2D eigenvalue weighted by molar-refractivity contribution is -0.265. The predicted octanol–water partition coefficient (Wildman–Crippen LogP) is 2.38. The molecule has 0 fully saturated rings. The highest BCUT2D eigenvalue weighted by atomic mass is 19.4. The molecule has 1 aliphatic rings. The fourth-order valence-corrected chi connectivity index (χ4v) is 1.89. The first-order valence-electron chi connectivity index (χ1n) is 4.33. The lowest BCUT2D eigenvalue weighted by Gasteiger charge is -2.26. The summed E-state index contributed by atoms with van der Waals surface area (Å²) < 4.78 is 37.7. The molecule has 0 aliphatic heterocycles. The standard InChI is InChI=1S/C10H9F3O/c11-10(12,13)9(14)6-5-7-3-1-2-4-8(7)9/h1-4,14H,5-6H2/t9-/m0/s1. The Bertz CT molecular complexity index is 359. The zero-order valence-corrected chi connectivity index (χ0v) is 7.30. The number of alkyl halides is 3. The summed E-state index contributed by atoms with van der Waals surface area (Å²) in [4.78, 5) is 0. The van der Waals surface area contributed by atoms with E-state index in [1.165, 1.54) is 12.1 Å². The van der Waals surface area contributed by atoms with Crippen molar-refractivity contribution in [3.8, 4) is 0 Å². The van der Waals surface area contributed by atoms with Gasteiger partial charge in [0.2, 0.25) is 0 Å². The van der Waals surface area contributed by atoms with Crippen LogP contribution in [-0.4, -0.2) is 11.3 Å². The fraction of sp³-hybridized carbons (Fsp3) is 0.400. The number of halogens is 3. The van der Waals surface area contributed by atoms with Gasteiger partial charge < -0.3 is 5.11 Å². The molecule has 0 saturated carbocycles. The first-order chi connectivity index (χ1) is 6.45. The van der Waals surface area contributed by atoms with Crippen molar-refractivity contribution >= 4 is 0 Å². The first kappa shape index (κ1) is 9.52. The minimum absolute atomic E-state index is 0.00694. The predicted molar refractivity (Wildman–Crippen MR) is 44.7 cm³/mol. The first-order valence-corrected chi connectivity index (χ1v) is 4.33. The van der Waals surface area contributed by atoms with Crippen LogP contribution in [0.4, 0.5) is 13.2 Å². The van der Waals surface area contributed by atoms with Crippen LogP contribution >= 0.6 is 0 Å². The minimum Gasteiger partial charge on any atom is -0.376 e. The van der Waals surface area contributed by atoms with Crippen molar-refractivity contribution in [2.24, 2.45) is 0 Å². The summed E-state index contributed by atoms with van der Waals surface area (Å²) in [7, 11) is 0. The molecule has 1 N–H and O–H groups in total. The third kappa shape index (κ3) is 1.14. The van der Waals surface area contributed by atoms with E-state index in [0.29, 0.717) is 5.56 Å². The smallest absolute Gasteiger partial charge is 0.376 e. The Hall–Kier alpha value is -1.03. The Morgan fingerprint density at radius 2 is 1.86 bits per heavy atom. The summed E-state index contributed by atoms with van der Waals surface area (Å²) >= 11 is 0. The lowest BCUT2D eigenvalue weighted by Crippen LogP contribution is -2.40. The van der Waals surface area contributed by atoms with Crippen LogP contribution in [-0.2, 0) is 12.0 Å². The van der Waals surface area contributed by atoms with E-state index in [4.69, 9.17) is 0 Å². The summed E-state index contributed by atoms with van der Waals surface area (Å²) in [5, 5.41) is 9.55. The van der Waals surface area contributed by atoms with Gasteiger partial charge in [0.1, 0.15) is 0 Å². The van der Waals surface area contributed by atoms with Crippen LogP contribution in [0.15, 0.2) is 24.3 Å². The zero-order chi connectivity index (χ0) is 10.4. The van der Waals surface area contributed by atoms with Crippen LogP contribution in [0.5, 0.6) is 0 Å². The molecule has 0 spiro atoms. The van der Waals surface area contributed by atoms with Gasteiger partial charge in [0.15, 0.2) is 5.60 Å². The largest absolute Gasteiger partial charge is 0.421 e. The van der Waals surface area contributed by atoms with Crippen LogP contribution in [0.2, 0.25) is 0 Å². The Labute approximate surface area is 79.2 Å². The third-order valence-corrected chi connectivity index (χ3v) is 2.69. The Kier molecular flexibility index (Phi) is 1.86. The van der Waals surface area contributed by atoms with E-state index in [9.17, 15) is 18.3 Å². The third-order valence-electron chi connectivity index (χ3n) is 2.69. The minimum atomic E-state index is -4.58. The molecule has 1 atom stereocenters. The molecule has 4 heteroatoms. The monoisotopic (exact) mass is 202 g/mol. The normalized spacial score (nSPS) is 26.3. The lowest BCUT2D eigenvalue weighted by atomic mass is 9.95. The molecular formula is C10H9F3O. The highest BCUT2D eigenvalue weighted by Gasteiger charge is 2.57. The van der Waals surface area contributed by atoms with Crippen molar-refractivity contribution in [1.29, 1.82) is 0 Å². The molecular weight excluding hydrogens is 193 g/mol. The summed E-state index contributed by atoms with van der Waals surface area (Å²) in [6.07, 6.45) is -4.57. The molecule has 0 amide bonds. The van der Waals surface area contributed by atoms with Crippen LogP contribution in [0.1, 0.15) is 17.5 Å². The van der Waals surface area contributed by atoms with Crippen LogP contribution in [0, 0.1) is 0 Å². The van der Waals surface area contributed by atoms with Crippen LogP contribution < -0.4 is 0 Å². The second kappa shape index (κ2) is 2.73. The van der Waals surface area contributed by atoms with E-state index in [1.54, 1.807) is 12.1 Å². The van der Waals surface area contributed by atoms with Crippen LogP contribution in [0.3, 0.4) is 0 Å². The fourth-order valence-electron chi connectivity index (χ4n) is 1.89. The molecule has 0 unspecified atom stereocenters. The van der Waals surface area contributed by atoms with Crippen molar-refractivity contribution in [2.75, 3.05) is 0 Å². The van der Waals surface area contributed by atoms with E-state index in [-0.39, 0.29) is 18.4 Å². The number of benzene rings is 1. The van der Waals surface area contributed by atoms with Gasteiger partial charge in [0.05, 0.1) is 0 Å². The van der Waals surface area contributed by atoms with Crippen molar-refractivity contribution < 1.29 is 18.3 Å². The summed E-state index contributed by atoms with van der Waals surface area (Å²) in [5.74, 6) is 0. The maximum atomic E-state index is 12.6. The maximum absolute atomic E-state index is 12.6. The zero-order valence-electron chi connectivity index (χ0n) is 7.30. The van der Waals surface area contributed by atoms with E-state index in [2.05, 4.69) is 0 Å². The molecule has 0 bridgehead atoms. The quantitative estimate of drug-likeness (QED) is 0.684. The van der Waals surface area contributed by atoms with E-state index in [0.717, 1.165) is 0 Å². The second-order valence-corrected chi connectivity index (χ2v) is 3.52.